The third kappa shape index (κ3) is 5.40. The van der Waals surface area contributed by atoms with Crippen molar-refractivity contribution < 1.29 is 29.0 Å². The van der Waals surface area contributed by atoms with Gasteiger partial charge in [0.25, 0.3) is 0 Å². The Labute approximate surface area is 192 Å². The number of hydrogen-bond donors (Lipinski definition) is 3. The number of aliphatic carboxylic acids is 1. The van der Waals surface area contributed by atoms with Gasteiger partial charge < -0.3 is 25.2 Å². The van der Waals surface area contributed by atoms with Crippen LogP contribution in [0.5, 0.6) is 0 Å². The quantitative estimate of drug-likeness (QED) is 0.478. The zero-order valence-corrected chi connectivity index (χ0v) is 18.6. The van der Waals surface area contributed by atoms with Gasteiger partial charge in [0.2, 0.25) is 5.91 Å². The first-order valence-electron chi connectivity index (χ1n) is 10.7. The first-order chi connectivity index (χ1) is 15.9. The minimum absolute atomic E-state index is 0.0980. The zero-order valence-electron chi connectivity index (χ0n) is 18.6. The molecule has 0 radical (unpaired) electrons. The van der Waals surface area contributed by atoms with E-state index in [0.29, 0.717) is 0 Å². The first kappa shape index (κ1) is 24.0. The summed E-state index contributed by atoms with van der Waals surface area (Å²) >= 11 is 0. The molecule has 3 rings (SSSR count). The average Bonchev–Trinajstić information content (AvgIpc) is 3.13. The van der Waals surface area contributed by atoms with Crippen LogP contribution in [-0.4, -0.2) is 55.0 Å². The molecule has 33 heavy (non-hydrogen) atoms. The van der Waals surface area contributed by atoms with Gasteiger partial charge in [0.1, 0.15) is 12.6 Å². The van der Waals surface area contributed by atoms with Crippen LogP contribution in [0, 0.1) is 0 Å². The number of rotatable bonds is 10. The van der Waals surface area contributed by atoms with E-state index in [1.807, 2.05) is 48.5 Å². The van der Waals surface area contributed by atoms with Gasteiger partial charge in [-0.25, -0.2) is 9.59 Å². The van der Waals surface area contributed by atoms with Crippen LogP contribution >= 0.6 is 0 Å². The number of carbonyl (C=O) groups is 3. The molecule has 0 spiro atoms. The maximum atomic E-state index is 12.6. The fourth-order valence-corrected chi connectivity index (χ4v) is 3.95. The molecule has 2 aromatic rings. The van der Waals surface area contributed by atoms with Crippen LogP contribution in [0.2, 0.25) is 0 Å². The molecule has 0 heterocycles. The van der Waals surface area contributed by atoms with E-state index in [4.69, 9.17) is 9.47 Å². The molecule has 2 amide bonds. The fourth-order valence-electron chi connectivity index (χ4n) is 3.95. The van der Waals surface area contributed by atoms with Crippen LogP contribution in [0.3, 0.4) is 0 Å². The van der Waals surface area contributed by atoms with Crippen LogP contribution in [0.4, 0.5) is 4.79 Å². The van der Waals surface area contributed by atoms with Gasteiger partial charge in [-0.2, -0.15) is 0 Å². The van der Waals surface area contributed by atoms with Gasteiger partial charge >= 0.3 is 12.1 Å². The lowest BCUT2D eigenvalue weighted by Crippen LogP contribution is -2.55. The molecule has 0 fully saturated rings. The number of amides is 2. The van der Waals surface area contributed by atoms with Crippen molar-refractivity contribution in [3.8, 4) is 11.1 Å². The van der Waals surface area contributed by atoms with Crippen LogP contribution in [0.25, 0.3) is 11.1 Å². The molecular formula is C25H28N2O6. The van der Waals surface area contributed by atoms with E-state index in [2.05, 4.69) is 17.2 Å². The highest BCUT2D eigenvalue weighted by molar-refractivity contribution is 5.89. The molecule has 8 nitrogen and oxygen atoms in total. The van der Waals surface area contributed by atoms with E-state index in [1.54, 1.807) is 0 Å². The van der Waals surface area contributed by atoms with Gasteiger partial charge in [-0.15, -0.1) is 6.58 Å². The van der Waals surface area contributed by atoms with Crippen molar-refractivity contribution >= 4 is 18.0 Å². The number of benzene rings is 2. The molecule has 3 N–H and O–H groups in total. The Morgan fingerprint density at radius 2 is 1.64 bits per heavy atom. The smallest absolute Gasteiger partial charge is 0.407 e. The maximum absolute atomic E-state index is 12.6. The van der Waals surface area contributed by atoms with Crippen LogP contribution in [0.15, 0.2) is 61.2 Å². The van der Waals surface area contributed by atoms with Gasteiger partial charge in [-0.3, -0.25) is 4.79 Å². The Morgan fingerprint density at radius 3 is 2.15 bits per heavy atom. The second-order valence-corrected chi connectivity index (χ2v) is 7.81. The van der Waals surface area contributed by atoms with Crippen molar-refractivity contribution in [1.82, 2.24) is 10.6 Å². The minimum Gasteiger partial charge on any atom is -0.480 e. The maximum Gasteiger partial charge on any atom is 0.407 e. The average molecular weight is 453 g/mol. The molecule has 1 aliphatic rings. The predicted molar refractivity (Wildman–Crippen MR) is 123 cm³/mol. The number of hydrogen-bond acceptors (Lipinski definition) is 5. The van der Waals surface area contributed by atoms with Crippen molar-refractivity contribution in [2.24, 2.45) is 0 Å². The van der Waals surface area contributed by atoms with Crippen molar-refractivity contribution in [2.45, 2.75) is 37.5 Å². The number of fused-ring (bicyclic) bond motifs is 3. The summed E-state index contributed by atoms with van der Waals surface area (Å²) in [6.07, 6.45) is 0.0311. The normalized spacial score (nSPS) is 14.8. The van der Waals surface area contributed by atoms with Gasteiger partial charge in [0.05, 0.1) is 6.10 Å². The van der Waals surface area contributed by atoms with Crippen LogP contribution in [0.1, 0.15) is 30.4 Å². The molecule has 0 aliphatic heterocycles. The first-order valence-corrected chi connectivity index (χ1v) is 10.7. The predicted octanol–water partition coefficient (Wildman–Crippen LogP) is 3.07. The molecule has 0 aromatic heterocycles. The molecule has 0 saturated carbocycles. The molecule has 8 heteroatoms. The van der Waals surface area contributed by atoms with Crippen molar-refractivity contribution in [2.75, 3.05) is 13.7 Å². The van der Waals surface area contributed by atoms with E-state index in [0.717, 1.165) is 22.3 Å². The lowest BCUT2D eigenvalue weighted by molar-refractivity contribution is -0.145. The van der Waals surface area contributed by atoms with Crippen molar-refractivity contribution in [3.63, 3.8) is 0 Å². The van der Waals surface area contributed by atoms with Crippen molar-refractivity contribution in [1.29, 1.82) is 0 Å². The molecule has 0 bridgehead atoms. The molecule has 0 saturated heterocycles. The number of carboxylic acids is 1. The highest BCUT2D eigenvalue weighted by Gasteiger charge is 2.32. The second kappa shape index (κ2) is 10.8. The number of nitrogens with one attached hydrogen (secondary N) is 2. The molecule has 174 valence electrons. The zero-order chi connectivity index (χ0) is 24.0. The van der Waals surface area contributed by atoms with Gasteiger partial charge in [0, 0.05) is 13.0 Å². The number of carboxylic acid groups (broad SMARTS) is 1. The summed E-state index contributed by atoms with van der Waals surface area (Å²) in [4.78, 5) is 36.6. The number of carbonyl (C=O) groups excluding carboxylic acids is 2. The lowest BCUT2D eigenvalue weighted by Gasteiger charge is -2.23. The summed E-state index contributed by atoms with van der Waals surface area (Å²) in [6.45, 7) is 5.23. The Balaban J connectivity index is 1.65. The van der Waals surface area contributed by atoms with Gasteiger partial charge in [-0.05, 0) is 35.6 Å². The summed E-state index contributed by atoms with van der Waals surface area (Å²) in [6, 6.07) is 13.6. The van der Waals surface area contributed by atoms with E-state index < -0.39 is 36.2 Å². The monoisotopic (exact) mass is 452 g/mol. The molecular weight excluding hydrogens is 424 g/mol. The number of alkyl carbamates (subject to hydrolysis) is 1. The Hall–Kier alpha value is -3.65. The van der Waals surface area contributed by atoms with Crippen LogP contribution < -0.4 is 10.6 Å². The second-order valence-electron chi connectivity index (χ2n) is 7.81. The fraction of sp³-hybridized carbons (Fsp3) is 0.320. The van der Waals surface area contributed by atoms with E-state index in [9.17, 15) is 19.5 Å². The van der Waals surface area contributed by atoms with Gasteiger partial charge in [0.15, 0.2) is 6.04 Å². The van der Waals surface area contributed by atoms with Gasteiger partial charge in [-0.1, -0.05) is 54.6 Å². The highest BCUT2D eigenvalue weighted by atomic mass is 16.5. The Morgan fingerprint density at radius 1 is 1.06 bits per heavy atom. The molecule has 2 aromatic carbocycles. The SMILES string of the molecule is C=CCC(NC(=O)OCC1c2ccccc2-c2ccccc21)C(=O)NC(C(=O)O)C(C)OC. The highest BCUT2D eigenvalue weighted by Crippen LogP contribution is 2.44. The summed E-state index contributed by atoms with van der Waals surface area (Å²) in [5, 5.41) is 14.3. The van der Waals surface area contributed by atoms with E-state index in [-0.39, 0.29) is 18.9 Å². The third-order valence-corrected chi connectivity index (χ3v) is 5.76. The number of ether oxygens (including phenoxy) is 2. The minimum atomic E-state index is -1.26. The largest absolute Gasteiger partial charge is 0.480 e. The number of methoxy groups -OCH3 is 1. The summed E-state index contributed by atoms with van der Waals surface area (Å²) in [5.41, 5.74) is 4.37. The Bertz CT molecular complexity index is 992. The van der Waals surface area contributed by atoms with Crippen molar-refractivity contribution in [3.05, 3.63) is 72.3 Å². The third-order valence-electron chi connectivity index (χ3n) is 5.76. The van der Waals surface area contributed by atoms with Crippen LogP contribution in [-0.2, 0) is 19.1 Å². The summed E-state index contributed by atoms with van der Waals surface area (Å²) in [7, 11) is 1.35. The summed E-state index contributed by atoms with van der Waals surface area (Å²) < 4.78 is 10.5. The summed E-state index contributed by atoms with van der Waals surface area (Å²) in [5.74, 6) is -2.02. The molecule has 3 atom stereocenters. The standard InChI is InChI=1S/C25H28N2O6/c1-4-9-21(23(28)27-22(24(29)30)15(2)32-3)26-25(31)33-14-20-18-12-7-5-10-16(18)17-11-6-8-13-19(17)20/h4-8,10-13,15,20-22H,1,9,14H2,2-3H3,(H,26,31)(H,27,28)(H,29,30). The van der Waals surface area contributed by atoms with E-state index in [1.165, 1.54) is 20.1 Å². The van der Waals surface area contributed by atoms with E-state index >= 15 is 0 Å². The topological polar surface area (TPSA) is 114 Å². The molecule has 3 unspecified atom stereocenters. The lowest BCUT2D eigenvalue weighted by atomic mass is 9.98. The Kier molecular flexibility index (Phi) is 7.84. The molecule has 1 aliphatic carbocycles.